The lowest BCUT2D eigenvalue weighted by atomic mass is 9.91. The van der Waals surface area contributed by atoms with Gasteiger partial charge in [0, 0.05) is 6.42 Å². The zero-order valence-corrected chi connectivity index (χ0v) is 6.93. The molecule has 0 aromatic heterocycles. The minimum absolute atomic E-state index is 0.0127. The molecule has 62 valence electrons. The largest absolute Gasteiger partial charge is 0.459 e. The third-order valence-corrected chi connectivity index (χ3v) is 2.99. The predicted octanol–water partition coefficient (Wildman–Crippen LogP) is 1.88. The van der Waals surface area contributed by atoms with Crippen LogP contribution in [0.4, 0.5) is 0 Å². The fraction of sp³-hybridized carbons (Fsp3) is 0.889. The van der Waals surface area contributed by atoms with E-state index in [0.29, 0.717) is 12.3 Å². The van der Waals surface area contributed by atoms with Crippen molar-refractivity contribution in [2.75, 3.05) is 0 Å². The zero-order valence-electron chi connectivity index (χ0n) is 6.93. The van der Waals surface area contributed by atoms with Crippen molar-refractivity contribution >= 4 is 5.97 Å². The third-order valence-electron chi connectivity index (χ3n) is 2.99. The van der Waals surface area contributed by atoms with Crippen LogP contribution in [0.25, 0.3) is 0 Å². The van der Waals surface area contributed by atoms with Crippen LogP contribution in [0, 0.1) is 5.92 Å². The molecule has 2 heteroatoms. The number of ether oxygens (including phenoxy) is 1. The van der Waals surface area contributed by atoms with E-state index in [2.05, 4.69) is 6.92 Å². The van der Waals surface area contributed by atoms with Crippen molar-refractivity contribution in [3.05, 3.63) is 0 Å². The third kappa shape index (κ3) is 1.05. The van der Waals surface area contributed by atoms with Gasteiger partial charge in [-0.15, -0.1) is 0 Å². The summed E-state index contributed by atoms with van der Waals surface area (Å²) in [5.74, 6) is 0.706. The van der Waals surface area contributed by atoms with Crippen LogP contribution in [0.3, 0.4) is 0 Å². The van der Waals surface area contributed by atoms with E-state index in [4.69, 9.17) is 4.74 Å². The first-order valence-corrected chi connectivity index (χ1v) is 4.49. The summed E-state index contributed by atoms with van der Waals surface area (Å²) < 4.78 is 5.38. The highest BCUT2D eigenvalue weighted by Crippen LogP contribution is 2.49. The second-order valence-corrected chi connectivity index (χ2v) is 3.67. The molecule has 0 bridgehead atoms. The molecule has 1 saturated heterocycles. The lowest BCUT2D eigenvalue weighted by molar-refractivity contribution is -0.150. The van der Waals surface area contributed by atoms with Gasteiger partial charge in [0.1, 0.15) is 5.60 Å². The first kappa shape index (κ1) is 7.14. The smallest absolute Gasteiger partial charge is 0.306 e. The summed E-state index contributed by atoms with van der Waals surface area (Å²) in [5, 5.41) is 0. The number of hydrogen-bond donors (Lipinski definition) is 0. The molecule has 0 aromatic carbocycles. The van der Waals surface area contributed by atoms with Gasteiger partial charge in [0.2, 0.25) is 0 Å². The second-order valence-electron chi connectivity index (χ2n) is 3.67. The summed E-state index contributed by atoms with van der Waals surface area (Å²) in [6.45, 7) is 2.12. The zero-order chi connectivity index (χ0) is 7.90. The highest BCUT2D eigenvalue weighted by Gasteiger charge is 2.50. The lowest BCUT2D eigenvalue weighted by Gasteiger charge is -2.25. The molecule has 2 nitrogen and oxygen atoms in total. The molecule has 2 rings (SSSR count). The second kappa shape index (κ2) is 2.23. The van der Waals surface area contributed by atoms with Crippen LogP contribution in [0.1, 0.15) is 39.0 Å². The lowest BCUT2D eigenvalue weighted by Crippen LogP contribution is -2.29. The Morgan fingerprint density at radius 3 is 2.73 bits per heavy atom. The van der Waals surface area contributed by atoms with Crippen molar-refractivity contribution in [3.63, 3.8) is 0 Å². The maximum Gasteiger partial charge on any atom is 0.306 e. The molecular weight excluding hydrogens is 140 g/mol. The van der Waals surface area contributed by atoms with E-state index in [0.717, 1.165) is 12.8 Å². The van der Waals surface area contributed by atoms with Gasteiger partial charge in [-0.2, -0.15) is 0 Å². The SMILES string of the molecule is CCC1(C2CC2)CCC(=O)O1. The molecule has 2 fully saturated rings. The number of rotatable bonds is 2. The average molecular weight is 154 g/mol. The summed E-state index contributed by atoms with van der Waals surface area (Å²) in [7, 11) is 0. The van der Waals surface area contributed by atoms with Crippen molar-refractivity contribution in [1.82, 2.24) is 0 Å². The Bertz CT molecular complexity index is 184. The van der Waals surface area contributed by atoms with Crippen LogP contribution in [0.5, 0.6) is 0 Å². The number of carbonyl (C=O) groups excluding carboxylic acids is 1. The van der Waals surface area contributed by atoms with Gasteiger partial charge < -0.3 is 4.74 Å². The fourth-order valence-electron chi connectivity index (χ4n) is 2.08. The minimum Gasteiger partial charge on any atom is -0.459 e. The average Bonchev–Trinajstić information content (AvgIpc) is 2.77. The summed E-state index contributed by atoms with van der Waals surface area (Å²) in [6.07, 6.45) is 5.14. The molecule has 1 atom stereocenters. The molecule has 2 aliphatic rings. The van der Waals surface area contributed by atoms with Crippen LogP contribution in [0.15, 0.2) is 0 Å². The predicted molar refractivity (Wildman–Crippen MR) is 41.1 cm³/mol. The van der Waals surface area contributed by atoms with Crippen LogP contribution < -0.4 is 0 Å². The van der Waals surface area contributed by atoms with E-state index in [-0.39, 0.29) is 11.6 Å². The molecule has 0 aromatic rings. The van der Waals surface area contributed by atoms with E-state index >= 15 is 0 Å². The Labute approximate surface area is 66.9 Å². The number of carbonyl (C=O) groups is 1. The maximum atomic E-state index is 10.9. The Hall–Kier alpha value is -0.530. The van der Waals surface area contributed by atoms with Crippen molar-refractivity contribution in [3.8, 4) is 0 Å². The normalized spacial score (nSPS) is 37.4. The summed E-state index contributed by atoms with van der Waals surface area (Å²) >= 11 is 0. The molecule has 1 aliphatic heterocycles. The van der Waals surface area contributed by atoms with Crippen LogP contribution in [-0.2, 0) is 9.53 Å². The first-order chi connectivity index (χ1) is 5.27. The standard InChI is InChI=1S/C9H14O2/c1-2-9(7-3-4-7)6-5-8(10)11-9/h7H,2-6H2,1H3. The van der Waals surface area contributed by atoms with Gasteiger partial charge in [-0.25, -0.2) is 0 Å². The molecule has 11 heavy (non-hydrogen) atoms. The summed E-state index contributed by atoms with van der Waals surface area (Å²) in [5.41, 5.74) is -0.0307. The van der Waals surface area contributed by atoms with Crippen molar-refractivity contribution in [2.45, 2.75) is 44.6 Å². The van der Waals surface area contributed by atoms with Crippen LogP contribution in [-0.4, -0.2) is 11.6 Å². The maximum absolute atomic E-state index is 10.9. The van der Waals surface area contributed by atoms with E-state index in [9.17, 15) is 4.79 Å². The van der Waals surface area contributed by atoms with Gasteiger partial charge in [-0.3, -0.25) is 4.79 Å². The molecule has 1 saturated carbocycles. The molecule has 1 aliphatic carbocycles. The van der Waals surface area contributed by atoms with Gasteiger partial charge in [0.05, 0.1) is 0 Å². The van der Waals surface area contributed by atoms with E-state index in [1.54, 1.807) is 0 Å². The summed E-state index contributed by atoms with van der Waals surface area (Å²) in [6, 6.07) is 0. The Morgan fingerprint density at radius 1 is 1.64 bits per heavy atom. The first-order valence-electron chi connectivity index (χ1n) is 4.49. The minimum atomic E-state index is -0.0307. The molecule has 0 N–H and O–H groups in total. The fourth-order valence-corrected chi connectivity index (χ4v) is 2.08. The number of cyclic esters (lactones) is 1. The van der Waals surface area contributed by atoms with Gasteiger partial charge >= 0.3 is 5.97 Å². The molecule has 1 heterocycles. The molecular formula is C9H14O2. The van der Waals surface area contributed by atoms with E-state index in [1.807, 2.05) is 0 Å². The molecule has 0 spiro atoms. The van der Waals surface area contributed by atoms with Crippen LogP contribution >= 0.6 is 0 Å². The molecule has 0 radical (unpaired) electrons. The van der Waals surface area contributed by atoms with E-state index < -0.39 is 0 Å². The van der Waals surface area contributed by atoms with E-state index in [1.165, 1.54) is 12.8 Å². The monoisotopic (exact) mass is 154 g/mol. The van der Waals surface area contributed by atoms with Crippen molar-refractivity contribution < 1.29 is 9.53 Å². The van der Waals surface area contributed by atoms with Crippen LogP contribution in [0.2, 0.25) is 0 Å². The van der Waals surface area contributed by atoms with Gasteiger partial charge in [-0.1, -0.05) is 6.92 Å². The number of hydrogen-bond acceptors (Lipinski definition) is 2. The number of esters is 1. The van der Waals surface area contributed by atoms with Gasteiger partial charge in [0.25, 0.3) is 0 Å². The highest BCUT2D eigenvalue weighted by molar-refractivity contribution is 5.72. The van der Waals surface area contributed by atoms with Gasteiger partial charge in [-0.05, 0) is 31.6 Å². The summed E-state index contributed by atoms with van der Waals surface area (Å²) in [4.78, 5) is 10.9. The highest BCUT2D eigenvalue weighted by atomic mass is 16.6. The van der Waals surface area contributed by atoms with Crippen molar-refractivity contribution in [2.24, 2.45) is 5.92 Å². The van der Waals surface area contributed by atoms with Crippen molar-refractivity contribution in [1.29, 1.82) is 0 Å². The Kier molecular flexibility index (Phi) is 1.44. The topological polar surface area (TPSA) is 26.3 Å². The quantitative estimate of drug-likeness (QED) is 0.568. The van der Waals surface area contributed by atoms with Gasteiger partial charge in [0.15, 0.2) is 0 Å². The Morgan fingerprint density at radius 2 is 2.36 bits per heavy atom. The molecule has 1 unspecified atom stereocenters. The Balaban J connectivity index is 2.10. The molecule has 0 amide bonds.